The molecule has 1 saturated heterocycles. The maximum absolute atomic E-state index is 12.2. The molecule has 0 aromatic carbocycles. The predicted molar refractivity (Wildman–Crippen MR) is 96.9 cm³/mol. The van der Waals surface area contributed by atoms with Crippen LogP contribution in [0.2, 0.25) is 10.4 Å². The van der Waals surface area contributed by atoms with Crippen molar-refractivity contribution in [2.45, 2.75) is 52.2 Å². The molecule has 0 N–H and O–H groups in total. The van der Waals surface area contributed by atoms with Crippen molar-refractivity contribution in [1.82, 2.24) is 14.9 Å². The summed E-state index contributed by atoms with van der Waals surface area (Å²) in [7, 11) is 0. The molecule has 0 spiro atoms. The number of hydrogen-bond donors (Lipinski definition) is 0. The van der Waals surface area contributed by atoms with Crippen LogP contribution in [-0.4, -0.2) is 46.3 Å². The molecule has 2 heterocycles. The molecule has 1 aliphatic rings. The molecule has 140 valence electrons. The van der Waals surface area contributed by atoms with Gasteiger partial charge in [-0.25, -0.2) is 14.8 Å². The van der Waals surface area contributed by atoms with Crippen LogP contribution in [0.3, 0.4) is 0 Å². The maximum atomic E-state index is 12.2. The fraction of sp³-hybridized carbons (Fsp3) is 0.706. The second-order valence-electron chi connectivity index (χ2n) is 7.23. The third-order valence-corrected chi connectivity index (χ3v) is 4.39. The first-order chi connectivity index (χ1) is 11.7. The van der Waals surface area contributed by atoms with E-state index in [1.54, 1.807) is 11.1 Å². The molecule has 0 bridgehead atoms. The van der Waals surface area contributed by atoms with Gasteiger partial charge in [0.2, 0.25) is 5.28 Å². The normalized spacial score (nSPS) is 18.3. The average molecular weight is 390 g/mol. The number of amides is 1. The molecule has 1 aromatic rings. The Bertz CT molecular complexity index is 593. The number of carbonyl (C=O) groups is 1. The molecule has 8 heteroatoms. The molecular weight excluding hydrogens is 365 g/mol. The van der Waals surface area contributed by atoms with Gasteiger partial charge in [-0.15, -0.1) is 0 Å². The minimum absolute atomic E-state index is 0.123. The molecule has 0 saturated carbocycles. The Balaban J connectivity index is 1.72. The van der Waals surface area contributed by atoms with Gasteiger partial charge in [0.05, 0.1) is 6.61 Å². The van der Waals surface area contributed by atoms with Crippen LogP contribution in [0.25, 0.3) is 0 Å². The first kappa shape index (κ1) is 20.2. The van der Waals surface area contributed by atoms with Gasteiger partial charge in [-0.1, -0.05) is 11.6 Å². The second kappa shape index (κ2) is 9.01. The molecule has 1 fully saturated rings. The highest BCUT2D eigenvalue weighted by molar-refractivity contribution is 6.32. The fourth-order valence-corrected chi connectivity index (χ4v) is 3.05. The van der Waals surface area contributed by atoms with E-state index in [9.17, 15) is 4.79 Å². The summed E-state index contributed by atoms with van der Waals surface area (Å²) in [5.74, 6) is 0.415. The van der Waals surface area contributed by atoms with Gasteiger partial charge in [0, 0.05) is 31.5 Å². The average Bonchev–Trinajstić information content (AvgIpc) is 2.52. The number of halogens is 2. The SMILES string of the molecule is CC(C)(C)OC(=O)N1CCCC(CCOCc2cnc(Cl)nc2Cl)C1. The van der Waals surface area contributed by atoms with E-state index in [-0.39, 0.29) is 11.4 Å². The van der Waals surface area contributed by atoms with E-state index >= 15 is 0 Å². The van der Waals surface area contributed by atoms with Gasteiger partial charge in [-0.3, -0.25) is 0 Å². The number of piperidine rings is 1. The molecule has 0 aliphatic carbocycles. The Morgan fingerprint density at radius 1 is 1.40 bits per heavy atom. The molecule has 1 aliphatic heterocycles. The van der Waals surface area contributed by atoms with Crippen LogP contribution in [0.1, 0.15) is 45.6 Å². The molecule has 1 unspecified atom stereocenters. The number of aromatic nitrogens is 2. The molecule has 1 atom stereocenters. The summed E-state index contributed by atoms with van der Waals surface area (Å²) >= 11 is 11.7. The largest absolute Gasteiger partial charge is 0.444 e. The van der Waals surface area contributed by atoms with Crippen molar-refractivity contribution in [1.29, 1.82) is 0 Å². The minimum Gasteiger partial charge on any atom is -0.444 e. The summed E-state index contributed by atoms with van der Waals surface area (Å²) in [6, 6.07) is 0. The van der Waals surface area contributed by atoms with Gasteiger partial charge >= 0.3 is 6.09 Å². The van der Waals surface area contributed by atoms with Crippen LogP contribution in [-0.2, 0) is 16.1 Å². The topological polar surface area (TPSA) is 64.5 Å². The van der Waals surface area contributed by atoms with Crippen LogP contribution in [0.4, 0.5) is 4.79 Å². The Labute approximate surface area is 158 Å². The fourth-order valence-electron chi connectivity index (χ4n) is 2.69. The van der Waals surface area contributed by atoms with Crippen molar-refractivity contribution < 1.29 is 14.3 Å². The lowest BCUT2D eigenvalue weighted by molar-refractivity contribution is 0.0135. The van der Waals surface area contributed by atoms with Crippen molar-refractivity contribution in [3.05, 3.63) is 22.2 Å². The maximum Gasteiger partial charge on any atom is 0.410 e. The lowest BCUT2D eigenvalue weighted by Gasteiger charge is -2.34. The standard InChI is InChI=1S/C17H25Cl2N3O3/c1-17(2,3)25-16(23)22-7-4-5-12(10-22)6-8-24-11-13-9-20-15(19)21-14(13)18/h9,12H,4-8,10-11H2,1-3H3. The molecule has 1 aromatic heterocycles. The molecule has 6 nitrogen and oxygen atoms in total. The number of rotatable bonds is 5. The van der Waals surface area contributed by atoms with Gasteiger partial charge in [-0.05, 0) is 57.6 Å². The van der Waals surface area contributed by atoms with Crippen LogP contribution in [0.5, 0.6) is 0 Å². The van der Waals surface area contributed by atoms with Gasteiger partial charge in [0.15, 0.2) is 0 Å². The van der Waals surface area contributed by atoms with Crippen molar-refractivity contribution in [2.24, 2.45) is 5.92 Å². The quantitative estimate of drug-likeness (QED) is 0.425. The Hall–Kier alpha value is -1.11. The zero-order valence-electron chi connectivity index (χ0n) is 14.9. The second-order valence-corrected chi connectivity index (χ2v) is 7.93. The summed E-state index contributed by atoms with van der Waals surface area (Å²) in [6.45, 7) is 8.04. The number of likely N-dealkylation sites (tertiary alicyclic amines) is 1. The van der Waals surface area contributed by atoms with Gasteiger partial charge < -0.3 is 14.4 Å². The summed E-state index contributed by atoms with van der Waals surface area (Å²) in [6.07, 6.45) is 4.30. The van der Waals surface area contributed by atoms with E-state index < -0.39 is 5.60 Å². The van der Waals surface area contributed by atoms with E-state index in [1.807, 2.05) is 20.8 Å². The third kappa shape index (κ3) is 6.96. The van der Waals surface area contributed by atoms with Crippen molar-refractivity contribution >= 4 is 29.3 Å². The summed E-state index contributed by atoms with van der Waals surface area (Å²) in [4.78, 5) is 21.7. The van der Waals surface area contributed by atoms with Gasteiger partial charge in [-0.2, -0.15) is 0 Å². The number of nitrogens with zero attached hydrogens (tertiary/aromatic N) is 3. The van der Waals surface area contributed by atoms with E-state index in [0.717, 1.165) is 25.8 Å². The molecule has 2 rings (SSSR count). The van der Waals surface area contributed by atoms with Crippen molar-refractivity contribution in [3.8, 4) is 0 Å². The first-order valence-electron chi connectivity index (χ1n) is 8.47. The lowest BCUT2D eigenvalue weighted by atomic mass is 9.95. The van der Waals surface area contributed by atoms with E-state index in [4.69, 9.17) is 32.7 Å². The van der Waals surface area contributed by atoms with Crippen LogP contribution in [0.15, 0.2) is 6.20 Å². The zero-order chi connectivity index (χ0) is 18.4. The predicted octanol–water partition coefficient (Wildman–Crippen LogP) is 4.34. The highest BCUT2D eigenvalue weighted by Gasteiger charge is 2.27. The van der Waals surface area contributed by atoms with Gasteiger partial charge in [0.1, 0.15) is 10.8 Å². The van der Waals surface area contributed by atoms with E-state index in [0.29, 0.717) is 36.4 Å². The smallest absolute Gasteiger partial charge is 0.410 e. The van der Waals surface area contributed by atoms with E-state index in [2.05, 4.69) is 9.97 Å². The summed E-state index contributed by atoms with van der Waals surface area (Å²) in [5, 5.41) is 0.437. The monoisotopic (exact) mass is 389 g/mol. The summed E-state index contributed by atoms with van der Waals surface area (Å²) in [5.41, 5.74) is 0.248. The highest BCUT2D eigenvalue weighted by Crippen LogP contribution is 2.22. The van der Waals surface area contributed by atoms with Crippen LogP contribution >= 0.6 is 23.2 Å². The molecule has 1 amide bonds. The van der Waals surface area contributed by atoms with Crippen LogP contribution < -0.4 is 0 Å². The summed E-state index contributed by atoms with van der Waals surface area (Å²) < 4.78 is 11.1. The van der Waals surface area contributed by atoms with Crippen LogP contribution in [0, 0.1) is 5.92 Å². The van der Waals surface area contributed by atoms with Crippen molar-refractivity contribution in [3.63, 3.8) is 0 Å². The number of hydrogen-bond acceptors (Lipinski definition) is 5. The Morgan fingerprint density at radius 2 is 2.16 bits per heavy atom. The molecular formula is C17H25Cl2N3O3. The minimum atomic E-state index is -0.465. The zero-order valence-corrected chi connectivity index (χ0v) is 16.4. The van der Waals surface area contributed by atoms with Gasteiger partial charge in [0.25, 0.3) is 0 Å². The van der Waals surface area contributed by atoms with E-state index in [1.165, 1.54) is 0 Å². The first-order valence-corrected chi connectivity index (χ1v) is 9.23. The number of carbonyl (C=O) groups excluding carboxylic acids is 1. The molecule has 0 radical (unpaired) electrons. The lowest BCUT2D eigenvalue weighted by Crippen LogP contribution is -2.43. The highest BCUT2D eigenvalue weighted by atomic mass is 35.5. The third-order valence-electron chi connectivity index (χ3n) is 3.88. The Kier molecular flexibility index (Phi) is 7.28. The Morgan fingerprint density at radius 3 is 2.84 bits per heavy atom. The number of ether oxygens (including phenoxy) is 2. The van der Waals surface area contributed by atoms with Crippen molar-refractivity contribution in [2.75, 3.05) is 19.7 Å². The molecule has 25 heavy (non-hydrogen) atoms.